The van der Waals surface area contributed by atoms with Crippen LogP contribution in [-0.4, -0.2) is 21.7 Å². The van der Waals surface area contributed by atoms with E-state index in [1.165, 1.54) is 12.1 Å². The Morgan fingerprint density at radius 1 is 1.44 bits per heavy atom. The number of halogens is 3. The van der Waals surface area contributed by atoms with Gasteiger partial charge in [-0.2, -0.15) is 0 Å². The quantitative estimate of drug-likeness (QED) is 0.610. The molecule has 1 atom stereocenters. The van der Waals surface area contributed by atoms with E-state index in [4.69, 9.17) is 0 Å². The van der Waals surface area contributed by atoms with Crippen LogP contribution in [0, 0.1) is 5.82 Å². The van der Waals surface area contributed by atoms with Gasteiger partial charge in [-0.15, -0.1) is 0 Å². The topological polar surface area (TPSA) is 35.4 Å². The summed E-state index contributed by atoms with van der Waals surface area (Å²) >= 11 is 1.40. The SMILES string of the molecule is CC(C)(C)[S+]([O-])/N=C(/CF)c1cccc(Br)c1F. The monoisotopic (exact) mass is 337 g/mol. The van der Waals surface area contributed by atoms with Crippen LogP contribution in [0.5, 0.6) is 0 Å². The summed E-state index contributed by atoms with van der Waals surface area (Å²) in [5.41, 5.74) is -0.105. The first-order valence-electron chi connectivity index (χ1n) is 5.27. The van der Waals surface area contributed by atoms with Crippen LogP contribution in [0.2, 0.25) is 0 Å². The molecule has 0 aliphatic carbocycles. The van der Waals surface area contributed by atoms with Crippen LogP contribution in [0.25, 0.3) is 0 Å². The Labute approximate surface area is 117 Å². The smallest absolute Gasteiger partial charge is 0.146 e. The molecule has 0 spiro atoms. The molecule has 1 aromatic rings. The Bertz CT molecular complexity index is 460. The van der Waals surface area contributed by atoms with Gasteiger partial charge in [0.2, 0.25) is 0 Å². The lowest BCUT2D eigenvalue weighted by molar-refractivity contribution is 0.557. The molecule has 6 heteroatoms. The third kappa shape index (κ3) is 3.76. The Hall–Kier alpha value is -0.460. The molecule has 100 valence electrons. The second-order valence-corrected chi connectivity index (χ2v) is 7.39. The van der Waals surface area contributed by atoms with Gasteiger partial charge in [0, 0.05) is 5.56 Å². The molecule has 0 bridgehead atoms. The van der Waals surface area contributed by atoms with Crippen molar-refractivity contribution in [1.82, 2.24) is 0 Å². The van der Waals surface area contributed by atoms with Crippen molar-refractivity contribution in [2.75, 3.05) is 6.67 Å². The standard InChI is InChI=1S/C12H14BrF2NOS/c1-12(2,3)18(17)16-10(7-14)8-5-4-6-9(13)11(8)15/h4-6H,7H2,1-3H3/b16-10-. The number of nitrogens with zero attached hydrogens (tertiary/aromatic N) is 1. The highest BCUT2D eigenvalue weighted by Gasteiger charge is 2.28. The normalized spacial score (nSPS) is 14.7. The highest BCUT2D eigenvalue weighted by molar-refractivity contribution is 9.10. The molecule has 1 rings (SSSR count). The van der Waals surface area contributed by atoms with Crippen molar-refractivity contribution in [1.29, 1.82) is 0 Å². The van der Waals surface area contributed by atoms with Gasteiger partial charge in [-0.25, -0.2) is 8.78 Å². The summed E-state index contributed by atoms with van der Waals surface area (Å²) in [6.45, 7) is 4.20. The van der Waals surface area contributed by atoms with E-state index in [9.17, 15) is 13.3 Å². The summed E-state index contributed by atoms with van der Waals surface area (Å²) in [4.78, 5) is 0. The van der Waals surface area contributed by atoms with E-state index in [2.05, 4.69) is 20.3 Å². The van der Waals surface area contributed by atoms with Gasteiger partial charge < -0.3 is 4.55 Å². The number of benzene rings is 1. The van der Waals surface area contributed by atoms with Crippen molar-refractivity contribution < 1.29 is 13.3 Å². The van der Waals surface area contributed by atoms with Gasteiger partial charge in [0.15, 0.2) is 0 Å². The molecule has 0 saturated carbocycles. The molecule has 2 nitrogen and oxygen atoms in total. The Morgan fingerprint density at radius 3 is 2.56 bits per heavy atom. The number of rotatable bonds is 3. The Morgan fingerprint density at radius 2 is 2.06 bits per heavy atom. The van der Waals surface area contributed by atoms with E-state index < -0.39 is 28.6 Å². The van der Waals surface area contributed by atoms with E-state index >= 15 is 0 Å². The van der Waals surface area contributed by atoms with Gasteiger partial charge in [-0.3, -0.25) is 0 Å². The third-order valence-electron chi connectivity index (χ3n) is 2.11. The summed E-state index contributed by atoms with van der Waals surface area (Å²) in [6.07, 6.45) is 0. The summed E-state index contributed by atoms with van der Waals surface area (Å²) < 4.78 is 42.0. The van der Waals surface area contributed by atoms with Crippen LogP contribution >= 0.6 is 15.9 Å². The summed E-state index contributed by atoms with van der Waals surface area (Å²) in [7, 11) is 0. The minimum atomic E-state index is -1.62. The predicted octanol–water partition coefficient (Wildman–Crippen LogP) is 3.81. The van der Waals surface area contributed by atoms with Gasteiger partial charge in [0.25, 0.3) is 0 Å². The molecule has 1 unspecified atom stereocenters. The first kappa shape index (κ1) is 15.6. The zero-order valence-corrected chi connectivity index (χ0v) is 12.7. The third-order valence-corrected chi connectivity index (χ3v) is 4.15. The van der Waals surface area contributed by atoms with Crippen molar-refractivity contribution in [3.05, 3.63) is 34.1 Å². The highest BCUT2D eigenvalue weighted by Crippen LogP contribution is 2.22. The van der Waals surface area contributed by atoms with Crippen molar-refractivity contribution in [2.24, 2.45) is 4.40 Å². The molecule has 0 aromatic heterocycles. The first-order chi connectivity index (χ1) is 8.27. The molecule has 0 radical (unpaired) electrons. The molecule has 0 heterocycles. The van der Waals surface area contributed by atoms with Crippen LogP contribution in [0.15, 0.2) is 27.1 Å². The minimum Gasteiger partial charge on any atom is -0.591 e. The highest BCUT2D eigenvalue weighted by atomic mass is 79.9. The maximum atomic E-state index is 13.8. The van der Waals surface area contributed by atoms with Crippen LogP contribution in [0.4, 0.5) is 8.78 Å². The molecule has 0 N–H and O–H groups in total. The zero-order chi connectivity index (χ0) is 13.9. The first-order valence-corrected chi connectivity index (χ1v) is 7.17. The molecule has 0 aliphatic rings. The fraction of sp³-hybridized carbons (Fsp3) is 0.417. The molecule has 18 heavy (non-hydrogen) atoms. The van der Waals surface area contributed by atoms with Gasteiger partial charge in [0.05, 0.1) is 4.47 Å². The number of hydrogen-bond donors (Lipinski definition) is 0. The molecule has 0 amide bonds. The molecule has 0 fully saturated rings. The van der Waals surface area contributed by atoms with Gasteiger partial charge in [-0.05, 0) is 48.8 Å². The van der Waals surface area contributed by atoms with Gasteiger partial charge in [0.1, 0.15) is 34.3 Å². The number of alkyl halides is 1. The molecule has 0 aliphatic heterocycles. The maximum Gasteiger partial charge on any atom is 0.146 e. The maximum absolute atomic E-state index is 13.8. The average Bonchev–Trinajstić information content (AvgIpc) is 2.28. The van der Waals surface area contributed by atoms with Gasteiger partial charge >= 0.3 is 0 Å². The minimum absolute atomic E-state index is 0.0319. The number of hydrogen-bond acceptors (Lipinski definition) is 2. The fourth-order valence-corrected chi connectivity index (χ4v) is 2.10. The lowest BCUT2D eigenvalue weighted by Gasteiger charge is -2.19. The van der Waals surface area contributed by atoms with Crippen molar-refractivity contribution in [3.63, 3.8) is 0 Å². The average molecular weight is 338 g/mol. The summed E-state index contributed by atoms with van der Waals surface area (Å²) in [5, 5.41) is 0. The van der Waals surface area contributed by atoms with Crippen molar-refractivity contribution in [2.45, 2.75) is 25.5 Å². The lowest BCUT2D eigenvalue weighted by Crippen LogP contribution is -2.27. The lowest BCUT2D eigenvalue weighted by atomic mass is 10.1. The van der Waals surface area contributed by atoms with E-state index in [1.54, 1.807) is 26.8 Å². The zero-order valence-electron chi connectivity index (χ0n) is 10.3. The summed E-state index contributed by atoms with van der Waals surface area (Å²) in [5.74, 6) is -0.597. The van der Waals surface area contributed by atoms with Crippen molar-refractivity contribution >= 4 is 33.0 Å². The molecular weight excluding hydrogens is 324 g/mol. The van der Waals surface area contributed by atoms with E-state index in [0.717, 1.165) is 0 Å². The fourth-order valence-electron chi connectivity index (χ4n) is 1.11. The Kier molecular flexibility index (Phi) is 5.31. The largest absolute Gasteiger partial charge is 0.591 e. The molecular formula is C12H14BrF2NOS. The van der Waals surface area contributed by atoms with Crippen LogP contribution in [0.3, 0.4) is 0 Å². The second-order valence-electron chi connectivity index (χ2n) is 4.63. The van der Waals surface area contributed by atoms with Gasteiger partial charge in [-0.1, -0.05) is 10.5 Å². The Balaban J connectivity index is 3.18. The predicted molar refractivity (Wildman–Crippen MR) is 74.5 cm³/mol. The molecule has 0 saturated heterocycles. The van der Waals surface area contributed by atoms with E-state index in [-0.39, 0.29) is 15.7 Å². The van der Waals surface area contributed by atoms with Crippen LogP contribution in [-0.2, 0) is 11.4 Å². The summed E-state index contributed by atoms with van der Waals surface area (Å²) in [6, 6.07) is 4.50. The second kappa shape index (κ2) is 6.12. The van der Waals surface area contributed by atoms with E-state index in [1.807, 2.05) is 0 Å². The van der Waals surface area contributed by atoms with E-state index in [0.29, 0.717) is 0 Å². The molecule has 1 aromatic carbocycles. The van der Waals surface area contributed by atoms with Crippen LogP contribution in [0.1, 0.15) is 26.3 Å². The van der Waals surface area contributed by atoms with Crippen molar-refractivity contribution in [3.8, 4) is 0 Å². The van der Waals surface area contributed by atoms with Crippen LogP contribution < -0.4 is 0 Å².